The smallest absolute Gasteiger partial charge is 0.0262 e. The summed E-state index contributed by atoms with van der Waals surface area (Å²) in [5.74, 6) is 0. The zero-order valence-electron chi connectivity index (χ0n) is 9.00. The summed E-state index contributed by atoms with van der Waals surface area (Å²) < 4.78 is 0. The Labute approximate surface area is 93.4 Å². The average Bonchev–Trinajstić information content (AvgIpc) is 2.18. The van der Waals surface area contributed by atoms with Crippen LogP contribution in [-0.2, 0) is 0 Å². The molecule has 0 fully saturated rings. The van der Waals surface area contributed by atoms with E-state index in [9.17, 15) is 0 Å². The molecule has 0 aromatic rings. The van der Waals surface area contributed by atoms with Crippen LogP contribution in [-0.4, -0.2) is 13.1 Å². The maximum absolute atomic E-state index is 4.34. The van der Waals surface area contributed by atoms with Gasteiger partial charge in [0.1, 0.15) is 0 Å². The number of rotatable bonds is 8. The highest BCUT2D eigenvalue weighted by Gasteiger charge is 1.89. The summed E-state index contributed by atoms with van der Waals surface area (Å²) in [6.07, 6.45) is 11.4. The van der Waals surface area contributed by atoms with E-state index >= 15 is 0 Å². The lowest BCUT2D eigenvalue weighted by atomic mass is 10.2. The SMILES string of the molecule is C=C/C=C\C=C(\S)CNCCCCC. The number of nitrogens with one attached hydrogen (secondary N) is 1. The standard InChI is InChI=1S/C12H21NS/c1-3-5-7-9-12(14)11-13-10-8-6-4-2/h3,5,7,9,13-14H,1,4,6,8,10-11H2,2H3/b7-5-,12-9+. The predicted octanol–water partition coefficient (Wildman–Crippen LogP) is 3.32. The summed E-state index contributed by atoms with van der Waals surface area (Å²) in [4.78, 5) is 1.06. The van der Waals surface area contributed by atoms with Crippen molar-refractivity contribution in [2.75, 3.05) is 13.1 Å². The van der Waals surface area contributed by atoms with Crippen LogP contribution in [0.5, 0.6) is 0 Å². The summed E-state index contributed by atoms with van der Waals surface area (Å²) in [6.45, 7) is 7.74. The Morgan fingerprint density at radius 3 is 2.79 bits per heavy atom. The van der Waals surface area contributed by atoms with E-state index in [1.165, 1.54) is 19.3 Å². The van der Waals surface area contributed by atoms with Gasteiger partial charge in [-0.3, -0.25) is 0 Å². The van der Waals surface area contributed by atoms with E-state index in [0.29, 0.717) is 0 Å². The molecule has 2 heteroatoms. The van der Waals surface area contributed by atoms with Gasteiger partial charge in [0.15, 0.2) is 0 Å². The van der Waals surface area contributed by atoms with Crippen LogP contribution in [0.15, 0.2) is 35.8 Å². The normalized spacial score (nSPS) is 12.3. The van der Waals surface area contributed by atoms with Gasteiger partial charge in [-0.05, 0) is 17.9 Å². The van der Waals surface area contributed by atoms with Crippen molar-refractivity contribution >= 4 is 12.6 Å². The van der Waals surface area contributed by atoms with Crippen molar-refractivity contribution in [1.82, 2.24) is 5.32 Å². The lowest BCUT2D eigenvalue weighted by molar-refractivity contribution is 0.645. The monoisotopic (exact) mass is 211 g/mol. The van der Waals surface area contributed by atoms with Crippen molar-refractivity contribution < 1.29 is 0 Å². The molecule has 0 aromatic carbocycles. The molecule has 0 rings (SSSR count). The highest BCUT2D eigenvalue weighted by atomic mass is 32.1. The molecule has 0 saturated carbocycles. The number of hydrogen-bond donors (Lipinski definition) is 2. The molecule has 0 spiro atoms. The number of thiol groups is 1. The molecule has 0 bridgehead atoms. The molecule has 80 valence electrons. The van der Waals surface area contributed by atoms with Gasteiger partial charge >= 0.3 is 0 Å². The van der Waals surface area contributed by atoms with Crippen LogP contribution in [0.2, 0.25) is 0 Å². The zero-order valence-corrected chi connectivity index (χ0v) is 9.89. The van der Waals surface area contributed by atoms with Gasteiger partial charge in [0.25, 0.3) is 0 Å². The quantitative estimate of drug-likeness (QED) is 0.356. The first-order valence-corrected chi connectivity index (χ1v) is 5.64. The van der Waals surface area contributed by atoms with E-state index < -0.39 is 0 Å². The molecule has 0 aliphatic rings. The minimum Gasteiger partial charge on any atom is -0.312 e. The van der Waals surface area contributed by atoms with E-state index in [1.807, 2.05) is 18.2 Å². The number of allylic oxidation sites excluding steroid dienone is 4. The topological polar surface area (TPSA) is 12.0 Å². The molecule has 0 atom stereocenters. The first kappa shape index (κ1) is 13.5. The summed E-state index contributed by atoms with van der Waals surface area (Å²) >= 11 is 4.34. The van der Waals surface area contributed by atoms with Gasteiger partial charge in [-0.25, -0.2) is 0 Å². The third kappa shape index (κ3) is 9.62. The van der Waals surface area contributed by atoms with E-state index in [0.717, 1.165) is 18.0 Å². The van der Waals surface area contributed by atoms with Crippen molar-refractivity contribution in [3.63, 3.8) is 0 Å². The van der Waals surface area contributed by atoms with Gasteiger partial charge in [0, 0.05) is 6.54 Å². The summed E-state index contributed by atoms with van der Waals surface area (Å²) in [5.41, 5.74) is 0. The van der Waals surface area contributed by atoms with E-state index in [4.69, 9.17) is 0 Å². The lowest BCUT2D eigenvalue weighted by Crippen LogP contribution is -2.16. The van der Waals surface area contributed by atoms with Crippen LogP contribution >= 0.6 is 12.6 Å². The molecule has 0 aliphatic carbocycles. The maximum atomic E-state index is 4.34. The Hall–Kier alpha value is -0.470. The van der Waals surface area contributed by atoms with Gasteiger partial charge in [-0.15, -0.1) is 12.6 Å². The molecular weight excluding hydrogens is 190 g/mol. The van der Waals surface area contributed by atoms with E-state index in [-0.39, 0.29) is 0 Å². The first-order chi connectivity index (χ1) is 6.81. The van der Waals surface area contributed by atoms with Gasteiger partial charge in [0.2, 0.25) is 0 Å². The molecule has 0 saturated heterocycles. The van der Waals surface area contributed by atoms with Crippen LogP contribution < -0.4 is 5.32 Å². The van der Waals surface area contributed by atoms with Crippen molar-refractivity contribution in [2.24, 2.45) is 0 Å². The Morgan fingerprint density at radius 2 is 2.14 bits per heavy atom. The first-order valence-electron chi connectivity index (χ1n) is 5.19. The van der Waals surface area contributed by atoms with Crippen LogP contribution in [0.1, 0.15) is 26.2 Å². The molecule has 0 aliphatic heterocycles. The molecule has 0 radical (unpaired) electrons. The summed E-state index contributed by atoms with van der Waals surface area (Å²) in [5, 5.41) is 3.34. The molecule has 14 heavy (non-hydrogen) atoms. The van der Waals surface area contributed by atoms with E-state index in [1.54, 1.807) is 6.08 Å². The zero-order chi connectivity index (χ0) is 10.6. The van der Waals surface area contributed by atoms with Gasteiger partial charge in [-0.2, -0.15) is 0 Å². The fourth-order valence-corrected chi connectivity index (χ4v) is 1.22. The molecule has 1 nitrogen and oxygen atoms in total. The van der Waals surface area contributed by atoms with Crippen molar-refractivity contribution in [3.05, 3.63) is 35.8 Å². The second-order valence-corrected chi connectivity index (χ2v) is 3.74. The van der Waals surface area contributed by atoms with Gasteiger partial charge in [-0.1, -0.05) is 50.6 Å². The predicted molar refractivity (Wildman–Crippen MR) is 68.8 cm³/mol. The second-order valence-electron chi connectivity index (χ2n) is 3.16. The van der Waals surface area contributed by atoms with Crippen molar-refractivity contribution in [1.29, 1.82) is 0 Å². The summed E-state index contributed by atoms with van der Waals surface area (Å²) in [7, 11) is 0. The molecular formula is C12H21NS. The number of unbranched alkanes of at least 4 members (excludes halogenated alkanes) is 2. The second kappa shape index (κ2) is 10.6. The lowest BCUT2D eigenvalue weighted by Gasteiger charge is -2.02. The molecule has 0 unspecified atom stereocenters. The summed E-state index contributed by atoms with van der Waals surface area (Å²) in [6, 6.07) is 0. The van der Waals surface area contributed by atoms with E-state index in [2.05, 4.69) is 31.4 Å². The Morgan fingerprint density at radius 1 is 1.36 bits per heavy atom. The highest BCUT2D eigenvalue weighted by Crippen LogP contribution is 1.99. The van der Waals surface area contributed by atoms with Gasteiger partial charge in [0.05, 0.1) is 0 Å². The Bertz CT molecular complexity index is 194. The number of hydrogen-bond acceptors (Lipinski definition) is 2. The van der Waals surface area contributed by atoms with Crippen molar-refractivity contribution in [3.8, 4) is 0 Å². The molecule has 0 aromatic heterocycles. The largest absolute Gasteiger partial charge is 0.312 e. The van der Waals surface area contributed by atoms with Crippen molar-refractivity contribution in [2.45, 2.75) is 26.2 Å². The third-order valence-corrected chi connectivity index (χ3v) is 2.11. The maximum Gasteiger partial charge on any atom is 0.0262 e. The van der Waals surface area contributed by atoms with Crippen LogP contribution in [0.25, 0.3) is 0 Å². The Kier molecular flexibility index (Phi) is 10.3. The Balaban J connectivity index is 3.43. The molecule has 1 N–H and O–H groups in total. The minimum absolute atomic E-state index is 0.855. The fourth-order valence-electron chi connectivity index (χ4n) is 1.02. The third-order valence-electron chi connectivity index (χ3n) is 1.80. The fraction of sp³-hybridized carbons (Fsp3) is 0.500. The van der Waals surface area contributed by atoms with Crippen LogP contribution in [0.3, 0.4) is 0 Å². The van der Waals surface area contributed by atoms with Crippen LogP contribution in [0, 0.1) is 0 Å². The molecule has 0 amide bonds. The minimum atomic E-state index is 0.855. The van der Waals surface area contributed by atoms with Crippen LogP contribution in [0.4, 0.5) is 0 Å². The average molecular weight is 211 g/mol. The van der Waals surface area contributed by atoms with Gasteiger partial charge < -0.3 is 5.32 Å². The highest BCUT2D eigenvalue weighted by molar-refractivity contribution is 7.84. The molecule has 0 heterocycles.